The molecule has 0 aromatic carbocycles. The van der Waals surface area contributed by atoms with Crippen LogP contribution < -0.4 is 10.6 Å². The lowest BCUT2D eigenvalue weighted by Crippen LogP contribution is -2.54. The summed E-state index contributed by atoms with van der Waals surface area (Å²) in [5, 5.41) is 104. The van der Waals surface area contributed by atoms with Crippen LogP contribution in [0, 0.1) is 0 Å². The molecule has 0 aliphatic heterocycles. The third kappa shape index (κ3) is 20.5. The molecule has 0 radical (unpaired) electrons. The highest BCUT2D eigenvalue weighted by molar-refractivity contribution is 5.92. The fourth-order valence-electron chi connectivity index (χ4n) is 5.19. The van der Waals surface area contributed by atoms with Crippen molar-refractivity contribution < 1.29 is 84.6 Å². The number of carbonyl (C=O) groups is 7. The maximum Gasteiger partial charge on any atom is 0.242 e. The number of nitrogens with one attached hydrogen (secondary N) is 2. The maximum atomic E-state index is 12.9. The molecule has 0 heterocycles. The van der Waals surface area contributed by atoms with Gasteiger partial charge in [-0.15, -0.1) is 0 Å². The molecule has 0 spiro atoms. The summed E-state index contributed by atoms with van der Waals surface area (Å²) < 4.78 is 0. The highest BCUT2D eigenvalue weighted by atomic mass is 16.4. The molecule has 61 heavy (non-hydrogen) atoms. The lowest BCUT2D eigenvalue weighted by atomic mass is 10.0. The van der Waals surface area contributed by atoms with Crippen LogP contribution in [0.3, 0.4) is 0 Å². The van der Waals surface area contributed by atoms with Gasteiger partial charge in [0.15, 0.2) is 0 Å². The molecule has 0 fully saturated rings. The quantitative estimate of drug-likeness (QED) is 0.0332. The van der Waals surface area contributed by atoms with E-state index in [0.29, 0.717) is 0 Å². The van der Waals surface area contributed by atoms with E-state index >= 15 is 0 Å². The maximum absolute atomic E-state index is 12.9. The molecular weight excluding hydrogens is 818 g/mol. The van der Waals surface area contributed by atoms with Crippen molar-refractivity contribution >= 4 is 41.4 Å². The number of hydrogen-bond acceptors (Lipinski definition) is 19. The predicted molar refractivity (Wildman–Crippen MR) is 211 cm³/mol. The van der Waals surface area contributed by atoms with Gasteiger partial charge in [0, 0.05) is 68.5 Å². The molecule has 7 amide bonds. The Morgan fingerprint density at radius 2 is 0.721 bits per heavy atom. The van der Waals surface area contributed by atoms with E-state index in [1.807, 2.05) is 0 Å². The molecule has 0 aliphatic rings. The molecule has 26 nitrogen and oxygen atoms in total. The number of nitrogens with zero attached hydrogens (tertiary/aromatic N) is 7. The number of aliphatic hydroxyl groups is 10. The van der Waals surface area contributed by atoms with Crippen LogP contribution in [0.4, 0.5) is 0 Å². The van der Waals surface area contributed by atoms with Crippen molar-refractivity contribution in [2.45, 2.75) is 48.8 Å². The summed E-state index contributed by atoms with van der Waals surface area (Å²) in [5.41, 5.74) is 0. The molecule has 0 aliphatic carbocycles. The Kier molecular flexibility index (Phi) is 26.5. The third-order valence-electron chi connectivity index (χ3n) is 9.42. The first-order chi connectivity index (χ1) is 28.3. The predicted octanol–water partition coefficient (Wildman–Crippen LogP) is -10.8. The van der Waals surface area contributed by atoms with Gasteiger partial charge in [0.1, 0.15) is 36.6 Å². The van der Waals surface area contributed by atoms with Crippen LogP contribution in [0.15, 0.2) is 0 Å². The average Bonchev–Trinajstić information content (AvgIpc) is 3.21. The van der Waals surface area contributed by atoms with E-state index < -0.39 is 137 Å². The number of rotatable bonds is 29. The van der Waals surface area contributed by atoms with Gasteiger partial charge in [0.05, 0.1) is 71.2 Å². The number of hydrogen-bond donors (Lipinski definition) is 12. The second-order valence-electron chi connectivity index (χ2n) is 14.7. The zero-order valence-corrected chi connectivity index (χ0v) is 35.8. The summed E-state index contributed by atoms with van der Waals surface area (Å²) in [6.07, 6.45) is -15.3. The molecule has 0 saturated carbocycles. The molecule has 0 aromatic heterocycles. The highest BCUT2D eigenvalue weighted by Gasteiger charge is 2.34. The Bertz CT molecular complexity index is 1390. The summed E-state index contributed by atoms with van der Waals surface area (Å²) in [7, 11) is 9.59. The van der Waals surface area contributed by atoms with Crippen molar-refractivity contribution in [3.8, 4) is 0 Å². The minimum atomic E-state index is -2.01. The topological polar surface area (TPSA) is 369 Å². The van der Waals surface area contributed by atoms with Gasteiger partial charge in [-0.1, -0.05) is 0 Å². The van der Waals surface area contributed by atoms with Crippen LogP contribution in [0.5, 0.6) is 0 Å². The van der Waals surface area contributed by atoms with Crippen molar-refractivity contribution in [3.05, 3.63) is 0 Å². The van der Waals surface area contributed by atoms with Crippen LogP contribution >= 0.6 is 0 Å². The lowest BCUT2D eigenvalue weighted by Gasteiger charge is -2.33. The van der Waals surface area contributed by atoms with Gasteiger partial charge in [0.25, 0.3) is 0 Å². The average molecular weight is 886 g/mol. The fraction of sp³-hybridized carbons (Fsp3) is 0.800. The minimum absolute atomic E-state index is 0.0255. The molecule has 8 atom stereocenters. The van der Waals surface area contributed by atoms with E-state index in [1.54, 1.807) is 7.05 Å². The summed E-state index contributed by atoms with van der Waals surface area (Å²) in [6, 6.07) is 0. The van der Waals surface area contributed by atoms with Crippen LogP contribution in [0.2, 0.25) is 0 Å². The van der Waals surface area contributed by atoms with Crippen molar-refractivity contribution in [2.24, 2.45) is 0 Å². The van der Waals surface area contributed by atoms with Gasteiger partial charge in [-0.25, -0.2) is 0 Å². The second-order valence-corrected chi connectivity index (χ2v) is 14.7. The van der Waals surface area contributed by atoms with Gasteiger partial charge >= 0.3 is 0 Å². The monoisotopic (exact) mass is 885 g/mol. The van der Waals surface area contributed by atoms with E-state index in [-0.39, 0.29) is 38.6 Å². The summed E-state index contributed by atoms with van der Waals surface area (Å²) in [6.45, 7) is -6.03. The summed E-state index contributed by atoms with van der Waals surface area (Å²) in [5.74, 6) is -4.09. The molecular formula is C35H67N9O17. The number of amides is 7. The molecule has 12 N–H and O–H groups in total. The largest absolute Gasteiger partial charge is 0.394 e. The molecule has 0 aromatic rings. The van der Waals surface area contributed by atoms with Crippen LogP contribution in [-0.4, -0.2) is 310 Å². The SMILES string of the molecule is CNCC(=O)N(C)CC(=O)N(C)CC(=O)N(C)CC(=O)N(C)CC(=O)N(C)CC(=O)N(C)CC(=O)NCCN(C[C@@H](O)[C@H](O)[C@@H](O)[C@@H](O)CO)C[C@@H](O)[C@H](O)[C@@H](O)[C@@H](O)CO. The van der Waals surface area contributed by atoms with E-state index in [0.717, 1.165) is 24.5 Å². The normalized spacial score (nSPS) is 15.3. The van der Waals surface area contributed by atoms with Gasteiger partial charge in [-0.05, 0) is 7.05 Å². The van der Waals surface area contributed by atoms with Crippen molar-refractivity contribution in [2.75, 3.05) is 135 Å². The molecule has 0 bridgehead atoms. The fourth-order valence-corrected chi connectivity index (χ4v) is 5.19. The van der Waals surface area contributed by atoms with E-state index in [2.05, 4.69) is 10.6 Å². The van der Waals surface area contributed by atoms with Crippen LogP contribution in [0.25, 0.3) is 0 Å². The third-order valence-corrected chi connectivity index (χ3v) is 9.42. The van der Waals surface area contributed by atoms with Gasteiger partial charge in [0.2, 0.25) is 41.4 Å². The van der Waals surface area contributed by atoms with Gasteiger partial charge < -0.3 is 91.1 Å². The Labute approximate surface area is 354 Å². The Morgan fingerprint density at radius 3 is 1.02 bits per heavy atom. The standard InChI is InChI=1S/C35H67N9O17/c1-36-10-26(52)39(3)14-28(54)41(5)16-30(56)43(7)18-31(57)42(6)17-29(55)40(4)15-27(53)38(2)13-25(51)37-8-9-44(11-21(47)32(58)34(60)23(49)19-45)12-22(48)33(59)35(61)24(50)20-46/h21-24,32-36,45-50,58-61H,8-20H2,1-7H3,(H,37,51)/t21-,22-,23+,24+,32+,33+,34+,35+/m1/s1. The zero-order chi connectivity index (χ0) is 47.3. The summed E-state index contributed by atoms with van der Waals surface area (Å²) in [4.78, 5) is 95.8. The molecule has 0 saturated heterocycles. The molecule has 354 valence electrons. The van der Waals surface area contributed by atoms with Gasteiger partial charge in [-0.3, -0.25) is 38.5 Å². The molecule has 0 rings (SSSR count). The second kappa shape index (κ2) is 28.4. The molecule has 0 unspecified atom stereocenters. The van der Waals surface area contributed by atoms with Crippen molar-refractivity contribution in [3.63, 3.8) is 0 Å². The Balaban J connectivity index is 5.18. The Morgan fingerprint density at radius 1 is 0.443 bits per heavy atom. The van der Waals surface area contributed by atoms with E-state index in [9.17, 15) is 74.4 Å². The van der Waals surface area contributed by atoms with Crippen molar-refractivity contribution in [1.82, 2.24) is 44.9 Å². The number of carbonyl (C=O) groups excluding carboxylic acids is 7. The lowest BCUT2D eigenvalue weighted by molar-refractivity contribution is -0.145. The highest BCUT2D eigenvalue weighted by Crippen LogP contribution is 2.11. The summed E-state index contributed by atoms with van der Waals surface area (Å²) >= 11 is 0. The van der Waals surface area contributed by atoms with E-state index in [4.69, 9.17) is 10.2 Å². The van der Waals surface area contributed by atoms with Crippen LogP contribution in [0.1, 0.15) is 0 Å². The first-order valence-electron chi connectivity index (χ1n) is 19.1. The molecule has 26 heteroatoms. The number of likely N-dealkylation sites (N-methyl/N-ethyl adjacent to an activating group) is 7. The van der Waals surface area contributed by atoms with Crippen LogP contribution in [-0.2, 0) is 33.6 Å². The zero-order valence-electron chi connectivity index (χ0n) is 35.8. The minimum Gasteiger partial charge on any atom is -0.394 e. The van der Waals surface area contributed by atoms with E-state index in [1.165, 1.54) is 52.1 Å². The number of aliphatic hydroxyl groups excluding tert-OH is 10. The smallest absolute Gasteiger partial charge is 0.242 e. The Hall–Kier alpha value is -4.19. The first-order valence-corrected chi connectivity index (χ1v) is 19.1. The van der Waals surface area contributed by atoms with Gasteiger partial charge in [-0.2, -0.15) is 0 Å². The van der Waals surface area contributed by atoms with Crippen molar-refractivity contribution in [1.29, 1.82) is 0 Å². The first kappa shape index (κ1) is 56.8.